The van der Waals surface area contributed by atoms with Gasteiger partial charge in [0.05, 0.1) is 5.56 Å². The Morgan fingerprint density at radius 3 is 2.29 bits per heavy atom. The average Bonchev–Trinajstić information content (AvgIpc) is 2.44. The van der Waals surface area contributed by atoms with E-state index in [0.717, 1.165) is 17.2 Å². The molecule has 0 aliphatic rings. The standard InChI is InChI=1S/C18H24N2O/c1-12(2)9-13(3)20(4)18(21)16-10-14-7-5-6-8-15(14)11-17(16)19/h5-8,10-13H,9,19H2,1-4H3. The fourth-order valence-electron chi connectivity index (χ4n) is 2.67. The average molecular weight is 284 g/mol. The summed E-state index contributed by atoms with van der Waals surface area (Å²) in [5, 5.41) is 2.10. The van der Waals surface area contributed by atoms with E-state index in [9.17, 15) is 4.79 Å². The maximum absolute atomic E-state index is 12.7. The van der Waals surface area contributed by atoms with Gasteiger partial charge in [-0.2, -0.15) is 0 Å². The lowest BCUT2D eigenvalue weighted by Crippen LogP contribution is -2.36. The van der Waals surface area contributed by atoms with E-state index in [1.54, 1.807) is 4.90 Å². The van der Waals surface area contributed by atoms with Gasteiger partial charge >= 0.3 is 0 Å². The molecule has 1 unspecified atom stereocenters. The van der Waals surface area contributed by atoms with Crippen LogP contribution in [-0.2, 0) is 0 Å². The third-order valence-electron chi connectivity index (χ3n) is 3.94. The van der Waals surface area contributed by atoms with Gasteiger partial charge in [0.15, 0.2) is 0 Å². The van der Waals surface area contributed by atoms with Crippen molar-refractivity contribution < 1.29 is 4.79 Å². The minimum Gasteiger partial charge on any atom is -0.398 e. The molecule has 0 saturated carbocycles. The summed E-state index contributed by atoms with van der Waals surface area (Å²) in [4.78, 5) is 14.5. The highest BCUT2D eigenvalue weighted by molar-refractivity contribution is 6.03. The van der Waals surface area contributed by atoms with Crippen molar-refractivity contribution in [1.82, 2.24) is 4.90 Å². The van der Waals surface area contributed by atoms with Crippen LogP contribution in [0.5, 0.6) is 0 Å². The zero-order valence-corrected chi connectivity index (χ0v) is 13.3. The quantitative estimate of drug-likeness (QED) is 0.865. The highest BCUT2D eigenvalue weighted by atomic mass is 16.2. The Labute approximate surface area is 126 Å². The summed E-state index contributed by atoms with van der Waals surface area (Å²) in [6.07, 6.45) is 0.982. The monoisotopic (exact) mass is 284 g/mol. The van der Waals surface area contributed by atoms with E-state index in [1.165, 1.54) is 0 Å². The number of anilines is 1. The lowest BCUT2D eigenvalue weighted by atomic mass is 10.0. The summed E-state index contributed by atoms with van der Waals surface area (Å²) >= 11 is 0. The molecule has 3 heteroatoms. The molecule has 0 aliphatic carbocycles. The summed E-state index contributed by atoms with van der Waals surface area (Å²) < 4.78 is 0. The molecule has 2 N–H and O–H groups in total. The highest BCUT2D eigenvalue weighted by Gasteiger charge is 2.20. The minimum atomic E-state index is -0.00796. The number of carbonyl (C=O) groups excluding carboxylic acids is 1. The van der Waals surface area contributed by atoms with Crippen LogP contribution in [0.15, 0.2) is 36.4 Å². The van der Waals surface area contributed by atoms with Crippen LogP contribution in [0.25, 0.3) is 10.8 Å². The Morgan fingerprint density at radius 1 is 1.14 bits per heavy atom. The smallest absolute Gasteiger partial charge is 0.255 e. The van der Waals surface area contributed by atoms with Crippen LogP contribution in [0.4, 0.5) is 5.69 Å². The van der Waals surface area contributed by atoms with E-state index in [-0.39, 0.29) is 11.9 Å². The second-order valence-electron chi connectivity index (χ2n) is 6.18. The lowest BCUT2D eigenvalue weighted by Gasteiger charge is -2.27. The van der Waals surface area contributed by atoms with Crippen LogP contribution in [0.2, 0.25) is 0 Å². The molecule has 2 aromatic carbocycles. The van der Waals surface area contributed by atoms with Crippen molar-refractivity contribution in [2.75, 3.05) is 12.8 Å². The Bertz CT molecular complexity index is 649. The van der Waals surface area contributed by atoms with E-state index < -0.39 is 0 Å². The van der Waals surface area contributed by atoms with Crippen LogP contribution in [0.3, 0.4) is 0 Å². The van der Waals surface area contributed by atoms with Crippen LogP contribution < -0.4 is 5.73 Å². The van der Waals surface area contributed by atoms with Crippen molar-refractivity contribution in [3.8, 4) is 0 Å². The van der Waals surface area contributed by atoms with Crippen molar-refractivity contribution >= 4 is 22.4 Å². The first kappa shape index (κ1) is 15.4. The van der Waals surface area contributed by atoms with Crippen molar-refractivity contribution in [3.05, 3.63) is 42.0 Å². The molecule has 112 valence electrons. The summed E-state index contributed by atoms with van der Waals surface area (Å²) in [6.45, 7) is 6.41. The van der Waals surface area contributed by atoms with Crippen LogP contribution in [0, 0.1) is 5.92 Å². The van der Waals surface area contributed by atoms with Crippen LogP contribution in [-0.4, -0.2) is 23.9 Å². The number of hydrogen-bond acceptors (Lipinski definition) is 2. The van der Waals surface area contributed by atoms with Crippen molar-refractivity contribution in [2.24, 2.45) is 5.92 Å². The number of amides is 1. The Balaban J connectivity index is 2.32. The molecule has 2 rings (SSSR count). The number of benzene rings is 2. The number of nitrogens with zero attached hydrogens (tertiary/aromatic N) is 1. The molecule has 2 aromatic rings. The van der Waals surface area contributed by atoms with Gasteiger partial charge in [-0.05, 0) is 42.2 Å². The Kier molecular flexibility index (Phi) is 4.51. The fraction of sp³-hybridized carbons (Fsp3) is 0.389. The summed E-state index contributed by atoms with van der Waals surface area (Å²) in [6, 6.07) is 11.9. The van der Waals surface area contributed by atoms with E-state index in [2.05, 4.69) is 20.8 Å². The van der Waals surface area contributed by atoms with Gasteiger partial charge < -0.3 is 10.6 Å². The molecular weight excluding hydrogens is 260 g/mol. The lowest BCUT2D eigenvalue weighted by molar-refractivity contribution is 0.0729. The van der Waals surface area contributed by atoms with Crippen LogP contribution >= 0.6 is 0 Å². The highest BCUT2D eigenvalue weighted by Crippen LogP contribution is 2.24. The van der Waals surface area contributed by atoms with Crippen molar-refractivity contribution in [2.45, 2.75) is 33.2 Å². The zero-order chi connectivity index (χ0) is 15.6. The number of fused-ring (bicyclic) bond motifs is 1. The molecule has 0 saturated heterocycles. The molecule has 1 amide bonds. The molecule has 3 nitrogen and oxygen atoms in total. The number of rotatable bonds is 4. The molecule has 0 aromatic heterocycles. The molecule has 0 bridgehead atoms. The molecule has 21 heavy (non-hydrogen) atoms. The first-order chi connectivity index (χ1) is 9.90. The van der Waals surface area contributed by atoms with Gasteiger partial charge in [-0.3, -0.25) is 4.79 Å². The molecule has 0 spiro atoms. The minimum absolute atomic E-state index is 0.00796. The molecule has 1 atom stereocenters. The van der Waals surface area contributed by atoms with Crippen LogP contribution in [0.1, 0.15) is 37.6 Å². The number of carbonyl (C=O) groups is 1. The summed E-state index contributed by atoms with van der Waals surface area (Å²) in [7, 11) is 1.85. The van der Waals surface area contributed by atoms with Gasteiger partial charge in [-0.1, -0.05) is 38.1 Å². The number of nitrogens with two attached hydrogens (primary N) is 1. The predicted molar refractivity (Wildman–Crippen MR) is 89.4 cm³/mol. The SMILES string of the molecule is CC(C)CC(C)N(C)C(=O)c1cc2ccccc2cc1N. The third-order valence-corrected chi connectivity index (χ3v) is 3.94. The van der Waals surface area contributed by atoms with Gasteiger partial charge in [0.25, 0.3) is 5.91 Å². The first-order valence-electron chi connectivity index (χ1n) is 7.45. The van der Waals surface area contributed by atoms with E-state index >= 15 is 0 Å². The van der Waals surface area contributed by atoms with Gasteiger partial charge in [-0.15, -0.1) is 0 Å². The first-order valence-corrected chi connectivity index (χ1v) is 7.45. The Morgan fingerprint density at radius 2 is 1.71 bits per heavy atom. The largest absolute Gasteiger partial charge is 0.398 e. The zero-order valence-electron chi connectivity index (χ0n) is 13.3. The molecule has 0 heterocycles. The maximum atomic E-state index is 12.7. The van der Waals surface area contributed by atoms with E-state index in [4.69, 9.17) is 5.73 Å². The second kappa shape index (κ2) is 6.17. The van der Waals surface area contributed by atoms with Crippen molar-refractivity contribution in [3.63, 3.8) is 0 Å². The predicted octanol–water partition coefficient (Wildman–Crippen LogP) is 3.93. The van der Waals surface area contributed by atoms with Crippen molar-refractivity contribution in [1.29, 1.82) is 0 Å². The van der Waals surface area contributed by atoms with Gasteiger partial charge in [-0.25, -0.2) is 0 Å². The van der Waals surface area contributed by atoms with Gasteiger partial charge in [0.2, 0.25) is 0 Å². The second-order valence-corrected chi connectivity index (χ2v) is 6.18. The third kappa shape index (κ3) is 3.35. The molecule has 0 fully saturated rings. The number of hydrogen-bond donors (Lipinski definition) is 1. The van der Waals surface area contributed by atoms with E-state index in [1.807, 2.05) is 43.4 Å². The Hall–Kier alpha value is -2.03. The normalized spacial score (nSPS) is 12.6. The topological polar surface area (TPSA) is 46.3 Å². The summed E-state index contributed by atoms with van der Waals surface area (Å²) in [5.74, 6) is 0.551. The maximum Gasteiger partial charge on any atom is 0.255 e. The molecular formula is C18H24N2O. The van der Waals surface area contributed by atoms with Gasteiger partial charge in [0.1, 0.15) is 0 Å². The van der Waals surface area contributed by atoms with E-state index in [0.29, 0.717) is 17.2 Å². The number of nitrogen functional groups attached to an aromatic ring is 1. The fourth-order valence-corrected chi connectivity index (χ4v) is 2.67. The molecule has 0 aliphatic heterocycles. The summed E-state index contributed by atoms with van der Waals surface area (Å²) in [5.41, 5.74) is 7.21. The molecule has 0 radical (unpaired) electrons. The van der Waals surface area contributed by atoms with Gasteiger partial charge in [0, 0.05) is 18.8 Å².